The summed E-state index contributed by atoms with van der Waals surface area (Å²) in [4.78, 5) is 19.7. The molecule has 2 aromatic rings. The van der Waals surface area contributed by atoms with E-state index < -0.39 is 78.8 Å². The molecule has 0 aliphatic heterocycles. The Kier molecular flexibility index (Phi) is 6.94. The number of nitro groups is 1. The maximum absolute atomic E-state index is 13.0. The maximum Gasteiger partial charge on any atom is 0.416 e. The number of benzene rings is 2. The molecule has 0 spiro atoms. The summed E-state index contributed by atoms with van der Waals surface area (Å²) in [5.74, 6) is -1.75. The number of hydrogen-bond acceptors (Lipinski definition) is 7. The molecule has 2 aromatic carbocycles. The van der Waals surface area contributed by atoms with E-state index in [9.17, 15) is 49.7 Å². The third kappa shape index (κ3) is 6.32. The van der Waals surface area contributed by atoms with Crippen molar-refractivity contribution < 1.29 is 48.7 Å². The minimum absolute atomic E-state index is 0.0705. The van der Waals surface area contributed by atoms with Crippen molar-refractivity contribution in [1.82, 2.24) is 0 Å². The first-order valence-electron chi connectivity index (χ1n) is 8.48. The lowest BCUT2D eigenvalue weighted by Gasteiger charge is -2.17. The van der Waals surface area contributed by atoms with Gasteiger partial charge in [0.15, 0.2) is 0 Å². The van der Waals surface area contributed by atoms with Crippen molar-refractivity contribution in [2.45, 2.75) is 29.7 Å². The molecule has 0 radical (unpaired) electrons. The van der Waals surface area contributed by atoms with Gasteiger partial charge in [0, 0.05) is 30.2 Å². The number of non-ortho nitro benzene ring substituents is 1. The van der Waals surface area contributed by atoms with Crippen LogP contribution in [0.4, 0.5) is 32.0 Å². The van der Waals surface area contributed by atoms with Crippen LogP contribution >= 0.6 is 0 Å². The molecule has 16 heteroatoms. The Labute approximate surface area is 181 Å². The number of nitro benzene ring substituents is 1. The highest BCUT2D eigenvalue weighted by atomic mass is 32.2. The molecule has 1 atom stereocenters. The fourth-order valence-electron chi connectivity index (χ4n) is 2.58. The summed E-state index contributed by atoms with van der Waals surface area (Å²) in [5.41, 5.74) is 5.79. The molecule has 0 aliphatic carbocycles. The molecule has 4 N–H and O–H groups in total. The second-order valence-corrected chi connectivity index (χ2v) is 8.08. The molecule has 180 valence electrons. The van der Waals surface area contributed by atoms with Crippen LogP contribution in [0.5, 0.6) is 5.75 Å². The molecule has 0 fully saturated rings. The minimum atomic E-state index is -5.34. The SMILES string of the molecule is NC(=O)CC(N)c1cc([N+](=O)[O-])ccc1OS(=O)(=O)c1cc(C(F)(F)F)cc(C(F)(F)F)c1. The summed E-state index contributed by atoms with van der Waals surface area (Å²) >= 11 is 0. The fraction of sp³-hybridized carbons (Fsp3) is 0.235. The van der Waals surface area contributed by atoms with Gasteiger partial charge in [0.25, 0.3) is 5.69 Å². The van der Waals surface area contributed by atoms with Crippen LogP contribution in [0, 0.1) is 10.1 Å². The van der Waals surface area contributed by atoms with Crippen LogP contribution in [0.25, 0.3) is 0 Å². The number of carbonyl (C=O) groups is 1. The summed E-state index contributed by atoms with van der Waals surface area (Å²) in [5, 5.41) is 11.0. The van der Waals surface area contributed by atoms with E-state index in [0.717, 1.165) is 12.1 Å². The summed E-state index contributed by atoms with van der Waals surface area (Å²) in [6.45, 7) is 0. The second-order valence-electron chi connectivity index (χ2n) is 6.54. The highest BCUT2D eigenvalue weighted by molar-refractivity contribution is 7.87. The van der Waals surface area contributed by atoms with Gasteiger partial charge in [-0.3, -0.25) is 14.9 Å². The molecule has 0 bridgehead atoms. The first-order valence-corrected chi connectivity index (χ1v) is 9.89. The minimum Gasteiger partial charge on any atom is -0.379 e. The number of halogens is 6. The van der Waals surface area contributed by atoms with Gasteiger partial charge in [-0.25, -0.2) is 0 Å². The number of hydrogen-bond donors (Lipinski definition) is 2. The third-order valence-electron chi connectivity index (χ3n) is 4.07. The van der Waals surface area contributed by atoms with Crippen LogP contribution < -0.4 is 15.7 Å². The Morgan fingerprint density at radius 3 is 1.97 bits per heavy atom. The molecule has 1 amide bonds. The highest BCUT2D eigenvalue weighted by Crippen LogP contribution is 2.38. The van der Waals surface area contributed by atoms with Gasteiger partial charge in [0.2, 0.25) is 5.91 Å². The van der Waals surface area contributed by atoms with E-state index >= 15 is 0 Å². The number of amides is 1. The van der Waals surface area contributed by atoms with E-state index in [4.69, 9.17) is 11.5 Å². The van der Waals surface area contributed by atoms with Crippen LogP contribution in [0.15, 0.2) is 41.3 Å². The highest BCUT2D eigenvalue weighted by Gasteiger charge is 2.39. The molecule has 2 rings (SSSR count). The maximum atomic E-state index is 13.0. The molecule has 0 aliphatic rings. The number of nitrogens with two attached hydrogens (primary N) is 2. The van der Waals surface area contributed by atoms with Gasteiger partial charge in [-0.05, 0) is 24.3 Å². The number of nitrogens with zero attached hydrogens (tertiary/aromatic N) is 1. The number of alkyl halides is 6. The van der Waals surface area contributed by atoms with Crippen molar-refractivity contribution >= 4 is 21.7 Å². The fourth-order valence-corrected chi connectivity index (χ4v) is 3.61. The Bertz CT molecular complexity index is 1160. The molecule has 1 unspecified atom stereocenters. The summed E-state index contributed by atoms with van der Waals surface area (Å²) in [6.07, 6.45) is -11.3. The van der Waals surface area contributed by atoms with Gasteiger partial charge < -0.3 is 15.7 Å². The predicted octanol–water partition coefficient (Wildman–Crippen LogP) is 3.28. The first-order chi connectivity index (χ1) is 14.9. The number of primary amides is 1. The molecule has 33 heavy (non-hydrogen) atoms. The molecule has 0 saturated heterocycles. The van der Waals surface area contributed by atoms with Gasteiger partial charge >= 0.3 is 22.5 Å². The molecule has 0 saturated carbocycles. The first kappa shape index (κ1) is 25.9. The van der Waals surface area contributed by atoms with E-state index in [1.807, 2.05) is 0 Å². The van der Waals surface area contributed by atoms with Gasteiger partial charge in [0.1, 0.15) is 10.6 Å². The Hall–Kier alpha value is -3.40. The van der Waals surface area contributed by atoms with Crippen molar-refractivity contribution in [2.75, 3.05) is 0 Å². The van der Waals surface area contributed by atoms with E-state index in [1.54, 1.807) is 0 Å². The molecular weight excluding hydrogens is 488 g/mol. The van der Waals surface area contributed by atoms with Crippen molar-refractivity contribution in [3.63, 3.8) is 0 Å². The normalized spacial score (nSPS) is 13.4. The summed E-state index contributed by atoms with van der Waals surface area (Å²) in [7, 11) is -5.34. The van der Waals surface area contributed by atoms with Crippen LogP contribution in [-0.2, 0) is 27.3 Å². The lowest BCUT2D eigenvalue weighted by Crippen LogP contribution is -2.22. The summed E-state index contributed by atoms with van der Waals surface area (Å²) in [6, 6.07) is 0.325. The number of carbonyl (C=O) groups excluding carboxylic acids is 1. The smallest absolute Gasteiger partial charge is 0.379 e. The Morgan fingerprint density at radius 1 is 1.03 bits per heavy atom. The van der Waals surface area contributed by atoms with Crippen molar-refractivity contribution in [1.29, 1.82) is 0 Å². The second kappa shape index (κ2) is 8.86. The Balaban J connectivity index is 2.63. The lowest BCUT2D eigenvalue weighted by molar-refractivity contribution is -0.385. The van der Waals surface area contributed by atoms with Gasteiger partial charge in [-0.1, -0.05) is 0 Å². The van der Waals surface area contributed by atoms with E-state index in [1.165, 1.54) is 0 Å². The molecular formula is C17H13F6N3O6S. The molecule has 0 heterocycles. The number of rotatable bonds is 7. The van der Waals surface area contributed by atoms with E-state index in [2.05, 4.69) is 4.18 Å². The van der Waals surface area contributed by atoms with Crippen LogP contribution in [0.3, 0.4) is 0 Å². The topological polar surface area (TPSA) is 156 Å². The standard InChI is InChI=1S/C17H13F6N3O6S/c18-16(19,20)8-3-9(17(21,22)23)5-11(4-8)33(30,31)32-14-2-1-10(26(28)29)6-12(14)13(24)7-15(25)27/h1-6,13H,7,24H2,(H2,25,27). The van der Waals surface area contributed by atoms with Gasteiger partial charge in [-0.2, -0.15) is 34.8 Å². The summed E-state index contributed by atoms with van der Waals surface area (Å²) < 4.78 is 108. The van der Waals surface area contributed by atoms with Crippen molar-refractivity contribution in [3.8, 4) is 5.75 Å². The molecule has 9 nitrogen and oxygen atoms in total. The largest absolute Gasteiger partial charge is 0.416 e. The predicted molar refractivity (Wildman–Crippen MR) is 98.1 cm³/mol. The zero-order valence-corrected chi connectivity index (χ0v) is 16.8. The van der Waals surface area contributed by atoms with Gasteiger partial charge in [-0.15, -0.1) is 0 Å². The Morgan fingerprint density at radius 2 is 1.55 bits per heavy atom. The molecule has 0 aromatic heterocycles. The average molecular weight is 501 g/mol. The van der Waals surface area contributed by atoms with Crippen LogP contribution in [0.2, 0.25) is 0 Å². The zero-order valence-electron chi connectivity index (χ0n) is 16.0. The zero-order chi connectivity index (χ0) is 25.4. The average Bonchev–Trinajstić information content (AvgIpc) is 2.65. The third-order valence-corrected chi connectivity index (χ3v) is 5.29. The van der Waals surface area contributed by atoms with Crippen molar-refractivity contribution in [2.24, 2.45) is 11.5 Å². The van der Waals surface area contributed by atoms with Crippen molar-refractivity contribution in [3.05, 3.63) is 63.2 Å². The lowest BCUT2D eigenvalue weighted by atomic mass is 10.0. The van der Waals surface area contributed by atoms with Crippen LogP contribution in [-0.4, -0.2) is 19.2 Å². The van der Waals surface area contributed by atoms with Crippen LogP contribution in [0.1, 0.15) is 29.2 Å². The monoisotopic (exact) mass is 501 g/mol. The van der Waals surface area contributed by atoms with Gasteiger partial charge in [0.05, 0.1) is 16.1 Å². The quantitative estimate of drug-likeness (QED) is 0.255. The van der Waals surface area contributed by atoms with E-state index in [0.29, 0.717) is 6.07 Å². The van der Waals surface area contributed by atoms with E-state index in [-0.39, 0.29) is 18.2 Å².